The van der Waals surface area contributed by atoms with E-state index in [1.54, 1.807) is 24.3 Å². The van der Waals surface area contributed by atoms with Gasteiger partial charge in [0.15, 0.2) is 0 Å². The van der Waals surface area contributed by atoms with Gasteiger partial charge in [-0.1, -0.05) is 42.5 Å². The van der Waals surface area contributed by atoms with Crippen molar-refractivity contribution in [3.63, 3.8) is 0 Å². The topological polar surface area (TPSA) is 858 Å². The number of nitrogens with one attached hydrogen (secondary N) is 15. The van der Waals surface area contributed by atoms with E-state index in [1.165, 1.54) is 61.7 Å². The number of phenols is 2. The number of benzene rings is 3. The lowest BCUT2D eigenvalue weighted by atomic mass is 10.0. The van der Waals surface area contributed by atoms with E-state index in [-0.39, 0.29) is 115 Å². The molecule has 51 heteroatoms. The fraction of sp³-hybridized carbons (Fsp3) is 0.534. The largest absolute Gasteiger partial charge is 0.508 e. The third kappa shape index (κ3) is 39.6. The highest BCUT2D eigenvalue weighted by atomic mass is 16.4. The molecule has 5 rings (SSSR count). The first-order valence-electron chi connectivity index (χ1n) is 45.0. The maximum atomic E-state index is 15.0. The molecular formula is C88H127N21O30. The van der Waals surface area contributed by atoms with Crippen LogP contribution in [0.5, 0.6) is 11.5 Å². The van der Waals surface area contributed by atoms with Crippen LogP contribution in [0.4, 0.5) is 0 Å². The molecule has 0 saturated carbocycles. The lowest BCUT2D eigenvalue weighted by Crippen LogP contribution is -2.62. The summed E-state index contributed by atoms with van der Waals surface area (Å²) in [6.45, 7) is 2.51. The van der Waals surface area contributed by atoms with E-state index in [2.05, 4.69) is 79.4 Å². The molecule has 1 aliphatic heterocycles. The van der Waals surface area contributed by atoms with Crippen molar-refractivity contribution < 1.29 is 147 Å². The molecule has 17 atom stereocenters. The summed E-state index contributed by atoms with van der Waals surface area (Å²) in [5.74, 6) is -27.1. The Morgan fingerprint density at radius 1 is 0.403 bits per heavy atom. The van der Waals surface area contributed by atoms with Gasteiger partial charge in [-0.3, -0.25) is 95.9 Å². The smallest absolute Gasteiger partial charge is 0.326 e. The number of carbonyl (C=O) groups excluding carboxylic acids is 16. The average Bonchev–Trinajstić information content (AvgIpc) is 1.70. The van der Waals surface area contributed by atoms with Gasteiger partial charge in [-0.25, -0.2) is 4.79 Å². The highest BCUT2D eigenvalue weighted by molar-refractivity contribution is 6.02. The van der Waals surface area contributed by atoms with Crippen LogP contribution in [-0.2, 0) is 120 Å². The molecule has 51 nitrogen and oxygen atoms in total. The summed E-state index contributed by atoms with van der Waals surface area (Å²) in [4.78, 5) is 292. The van der Waals surface area contributed by atoms with Gasteiger partial charge in [-0.2, -0.15) is 0 Å². The van der Waals surface area contributed by atoms with Gasteiger partial charge in [0.1, 0.15) is 96.1 Å². The van der Waals surface area contributed by atoms with E-state index >= 15 is 0 Å². The monoisotopic (exact) mass is 1960 g/mol. The second-order valence-corrected chi connectivity index (χ2v) is 33.4. The number of carboxylic acids is 5. The molecule has 0 aliphatic carbocycles. The van der Waals surface area contributed by atoms with Crippen LogP contribution in [0.25, 0.3) is 10.9 Å². The molecule has 2 heterocycles. The van der Waals surface area contributed by atoms with Crippen molar-refractivity contribution in [3.8, 4) is 11.5 Å². The summed E-state index contributed by atoms with van der Waals surface area (Å²) in [7, 11) is 0. The van der Waals surface area contributed by atoms with Gasteiger partial charge in [-0.15, -0.1) is 0 Å². The highest BCUT2D eigenvalue weighted by Gasteiger charge is 2.43. The number of likely N-dealkylation sites (tertiary alicyclic amines) is 1. The number of aromatic hydroxyl groups is 2. The summed E-state index contributed by atoms with van der Waals surface area (Å²) in [6, 6.07) is -9.29. The van der Waals surface area contributed by atoms with Crippen molar-refractivity contribution >= 4 is 135 Å². The maximum Gasteiger partial charge on any atom is 0.326 e. The number of para-hydroxylation sites is 1. The molecule has 16 amide bonds. The number of H-pyrrole nitrogens is 1. The predicted octanol–water partition coefficient (Wildman–Crippen LogP) is -7.46. The van der Waals surface area contributed by atoms with E-state index in [1.807, 2.05) is 0 Å². The Balaban J connectivity index is 1.38. The summed E-state index contributed by atoms with van der Waals surface area (Å²) in [6.07, 6.45) is -10.3. The molecule has 34 N–H and O–H groups in total. The molecule has 1 aromatic heterocycles. The lowest BCUT2D eigenvalue weighted by molar-refractivity contribution is -0.146. The zero-order chi connectivity index (χ0) is 103. The fourth-order valence-corrected chi connectivity index (χ4v) is 14.6. The third-order valence-corrected chi connectivity index (χ3v) is 22.2. The van der Waals surface area contributed by atoms with Gasteiger partial charge < -0.3 is 159 Å². The number of phenolic OH excluding ortho intramolecular Hbond substituents is 2. The lowest BCUT2D eigenvalue weighted by Gasteiger charge is -2.30. The zero-order valence-electron chi connectivity index (χ0n) is 76.8. The molecule has 0 radical (unpaired) electrons. The van der Waals surface area contributed by atoms with E-state index in [0.717, 1.165) is 18.7 Å². The van der Waals surface area contributed by atoms with Crippen molar-refractivity contribution in [2.24, 2.45) is 28.7 Å². The first kappa shape index (κ1) is 115. The second-order valence-electron chi connectivity index (χ2n) is 33.4. The number of nitrogens with two attached hydrogens (primary N) is 5. The number of aromatic amines is 1. The van der Waals surface area contributed by atoms with Crippen LogP contribution in [0.1, 0.15) is 159 Å². The van der Waals surface area contributed by atoms with Gasteiger partial charge >= 0.3 is 29.8 Å². The van der Waals surface area contributed by atoms with Crippen molar-refractivity contribution in [2.45, 2.75) is 265 Å². The number of aliphatic carboxylic acids is 5. The summed E-state index contributed by atoms with van der Waals surface area (Å²) >= 11 is 0. The van der Waals surface area contributed by atoms with Crippen LogP contribution >= 0.6 is 0 Å². The molecule has 4 aromatic rings. The normalized spacial score (nSPS) is 15.7. The van der Waals surface area contributed by atoms with E-state index in [4.69, 9.17) is 28.7 Å². The Labute approximate surface area is 796 Å². The zero-order valence-corrected chi connectivity index (χ0v) is 76.8. The molecule has 0 spiro atoms. The number of hydrogen-bond donors (Lipinski definition) is 29. The number of primary amides is 1. The molecule has 0 unspecified atom stereocenters. The number of fused-ring (bicyclic) bond motifs is 1. The molecule has 0 bridgehead atoms. The number of hydrogen-bond acceptors (Lipinski definition) is 29. The fourth-order valence-electron chi connectivity index (χ4n) is 14.6. The van der Waals surface area contributed by atoms with Crippen molar-refractivity contribution in [1.82, 2.24) is 84.3 Å². The molecule has 764 valence electrons. The molecule has 139 heavy (non-hydrogen) atoms. The number of unbranched alkanes of at least 4 members (excludes halogenated alkanes) is 3. The van der Waals surface area contributed by atoms with Gasteiger partial charge in [0.05, 0.1) is 37.6 Å². The summed E-state index contributed by atoms with van der Waals surface area (Å²) in [5, 5.41) is 125. The van der Waals surface area contributed by atoms with Gasteiger partial charge in [-0.05, 0) is 177 Å². The Morgan fingerprint density at radius 2 is 0.777 bits per heavy atom. The number of aromatic nitrogens is 1. The first-order chi connectivity index (χ1) is 65.7. The minimum Gasteiger partial charge on any atom is -0.508 e. The van der Waals surface area contributed by atoms with E-state index in [9.17, 15) is 147 Å². The highest BCUT2D eigenvalue weighted by Crippen LogP contribution is 2.24. The second kappa shape index (κ2) is 58.1. The summed E-state index contributed by atoms with van der Waals surface area (Å²) in [5.41, 5.74) is 30.2. The van der Waals surface area contributed by atoms with Crippen molar-refractivity contribution in [3.05, 3.63) is 95.7 Å². The van der Waals surface area contributed by atoms with Crippen LogP contribution in [0.3, 0.4) is 0 Å². The molecule has 3 aromatic carbocycles. The van der Waals surface area contributed by atoms with Crippen molar-refractivity contribution in [2.75, 3.05) is 32.7 Å². The number of amides is 16. The van der Waals surface area contributed by atoms with Gasteiger partial charge in [0.25, 0.3) is 0 Å². The number of nitrogens with zero attached hydrogens (tertiary/aromatic N) is 1. The number of carbonyl (C=O) groups is 21. The number of rotatable bonds is 63. The van der Waals surface area contributed by atoms with Crippen molar-refractivity contribution in [1.29, 1.82) is 0 Å². The SMILES string of the molecule is C[C@H](N)C(=O)N[C@@H](Cc1ccc(O)cc1)C(=O)N[C@H](C(=O)N[C@@H](CC(=O)O)C(=O)N[C@@H](Cc1c[nH]c2ccccc12)C(=O)N[C@@H](CCCCN)C(=O)N[C@@H](CCC(=O)O)C(=O)N[C@H](C(=O)N[C@@H](CCC(N)=O)C(=O)N[C@@H](CCC(=O)O)C(=O)N[C@@H](CCCCN)C(=O)N[C@@H](CC(=O)O)C(=O)N1CCC[C@H]1C(=O)N[C@@H](CCCCN)C(=O)NCC(=O)N[C@@H](Cc1ccc(O)cc1)C(=O)O)[C@@H](C)O)[C@@H](C)O. The third-order valence-electron chi connectivity index (χ3n) is 22.2. The Hall–Kier alpha value is -14.6. The van der Waals surface area contributed by atoms with Gasteiger partial charge in [0, 0.05) is 62.2 Å². The predicted molar refractivity (Wildman–Crippen MR) is 489 cm³/mol. The standard InChI is InChI=1S/C88H127N21O30/c1-44(92)74(124)103-60(37-47-19-23-50(112)24-20-47)83(133)108-73(46(3)111)86(136)105-62(40-70(120)121)82(132)104-61(39-49-42-94-53-14-5-4-13-52(49)53)81(131)98-55(16-7-10-34-90)76(126)100-59(29-32-69(118)119)80(130)107-72(45(2)110)85(135)102-57(27-30-66(93)114)78(128)99-58(28-31-68(116)117)79(129)97-56(17-8-11-35-91)77(127)106-63(41-71(122)123)87(137)109-36-12-18-65(109)84(134)101-54(15-6-9-33-89)75(125)95-43-67(115)96-64(88(138)139)38-48-21-25-51(113)26-22-48/h4-5,13-14,19-26,42,44-46,54-65,72-73,94,110-113H,6-12,15-18,27-41,43,89-92H2,1-3H3,(H2,93,114)(H,95,125)(H,96,115)(H,97,129)(H,98,131)(H,99,128)(H,100,126)(H,101,134)(H,102,135)(H,103,124)(H,104,132)(H,105,136)(H,106,127)(H,107,130)(H,108,133)(H,116,117)(H,118,119)(H,120,121)(H,122,123)(H,138,139)/t44-,45+,46+,54-,55-,56-,57-,58-,59-,60-,61-,62-,63-,64-,65-,72-,73-/m0/s1. The molecule has 1 saturated heterocycles. The Bertz CT molecular complexity index is 4940. The van der Waals surface area contributed by atoms with E-state index in [0.29, 0.717) is 34.0 Å². The molecule has 1 fully saturated rings. The minimum atomic E-state index is -2.22. The van der Waals surface area contributed by atoms with E-state index < -0.39 is 292 Å². The number of aliphatic hydroxyl groups is 2. The van der Waals surface area contributed by atoms with Crippen LogP contribution in [-0.4, -0.2) is 316 Å². The quantitative estimate of drug-likeness (QED) is 0.0183. The Morgan fingerprint density at radius 3 is 1.22 bits per heavy atom. The van der Waals surface area contributed by atoms with Crippen LogP contribution in [0.2, 0.25) is 0 Å². The Kier molecular flexibility index (Phi) is 48.0. The minimum absolute atomic E-state index is 0.00661. The molecule has 1 aliphatic rings. The average molecular weight is 1960 g/mol. The molecular weight excluding hydrogens is 1830 g/mol. The van der Waals surface area contributed by atoms with Crippen LogP contribution in [0, 0.1) is 0 Å². The summed E-state index contributed by atoms with van der Waals surface area (Å²) < 4.78 is 0. The van der Waals surface area contributed by atoms with Crippen LogP contribution in [0.15, 0.2) is 79.0 Å². The van der Waals surface area contributed by atoms with Crippen LogP contribution < -0.4 is 103 Å². The van der Waals surface area contributed by atoms with Gasteiger partial charge in [0.2, 0.25) is 94.5 Å². The number of carboxylic acid groups (broad SMARTS) is 5. The maximum absolute atomic E-state index is 15.0. The first-order valence-corrected chi connectivity index (χ1v) is 45.0. The number of aliphatic hydroxyl groups excluding tert-OH is 2.